The first-order chi connectivity index (χ1) is 38.5. The fourth-order valence-electron chi connectivity index (χ4n) is 16.0. The summed E-state index contributed by atoms with van der Waals surface area (Å²) < 4.78 is 14.2. The molecule has 1 fully saturated rings. The standard InChI is InChI=1S/C74H68BN3O2/c1-70(2,3)46-32-33-58(51(38-46)45-22-11-10-12-23-45)76-61-41-52-49-25-14-17-30-65(49)79-67(52)44-57(61)75-56-42-54-55(72(6,7)37-36-71(54,4)5)43-62(56)77(60-29-21-26-50-48-24-13-18-31-66(48)80-69(50)60)64-40-47(39-63(76)68(64)75)78-59-28-16-15-27-53(59)73(8)34-19-20-35-74(73,78)9/h10-18,21-33,38-44H,19-20,34-37H2,1-9H3. The summed E-state index contributed by atoms with van der Waals surface area (Å²) in [5, 5.41) is 4.50. The molecule has 0 bridgehead atoms. The minimum absolute atomic E-state index is 0.0345. The van der Waals surface area contributed by atoms with Gasteiger partial charge in [-0.2, -0.15) is 0 Å². The zero-order valence-electron chi connectivity index (χ0n) is 47.7. The van der Waals surface area contributed by atoms with Crippen molar-refractivity contribution in [3.8, 4) is 11.1 Å². The molecule has 6 heteroatoms. The normalized spacial score (nSPS) is 20.5. The predicted octanol–water partition coefficient (Wildman–Crippen LogP) is 18.6. The Morgan fingerprint density at radius 2 is 1.04 bits per heavy atom. The number of furan rings is 2. The Labute approximate surface area is 470 Å². The van der Waals surface area contributed by atoms with Crippen LogP contribution in [-0.4, -0.2) is 12.3 Å². The molecule has 0 spiro atoms. The van der Waals surface area contributed by atoms with E-state index < -0.39 is 0 Å². The highest BCUT2D eigenvalue weighted by molar-refractivity contribution is 7.00. The van der Waals surface area contributed by atoms with E-state index in [1.807, 2.05) is 0 Å². The summed E-state index contributed by atoms with van der Waals surface area (Å²) in [7, 11) is 0. The molecular formula is C74H68BN3O2. The molecule has 9 aromatic carbocycles. The lowest BCUT2D eigenvalue weighted by Crippen LogP contribution is -2.62. The van der Waals surface area contributed by atoms with Crippen molar-refractivity contribution in [1.29, 1.82) is 0 Å². The van der Waals surface area contributed by atoms with Crippen LogP contribution in [0.4, 0.5) is 45.5 Å². The van der Waals surface area contributed by atoms with E-state index in [9.17, 15) is 0 Å². The van der Waals surface area contributed by atoms with Crippen LogP contribution in [0.1, 0.15) is 123 Å². The largest absolute Gasteiger partial charge is 0.456 e. The van der Waals surface area contributed by atoms with Gasteiger partial charge in [0.1, 0.15) is 16.7 Å². The number of benzene rings is 9. The molecule has 0 saturated heterocycles. The fraction of sp³-hybridized carbons (Fsp3) is 0.270. The molecule has 11 aromatic rings. The molecule has 2 unspecified atom stereocenters. The second-order valence-corrected chi connectivity index (χ2v) is 27.0. The van der Waals surface area contributed by atoms with Gasteiger partial charge in [0.25, 0.3) is 6.71 Å². The molecule has 2 aromatic heterocycles. The summed E-state index contributed by atoms with van der Waals surface area (Å²) in [6.07, 6.45) is 6.90. The average molecular weight is 1040 g/mol. The van der Waals surface area contributed by atoms with Crippen molar-refractivity contribution in [2.45, 2.75) is 128 Å². The maximum Gasteiger partial charge on any atom is 0.252 e. The van der Waals surface area contributed by atoms with Gasteiger partial charge in [0.2, 0.25) is 0 Å². The first-order valence-electron chi connectivity index (χ1n) is 29.4. The van der Waals surface area contributed by atoms with E-state index in [-0.39, 0.29) is 33.9 Å². The highest BCUT2D eigenvalue weighted by Gasteiger charge is 2.58. The molecule has 5 aliphatic rings. The van der Waals surface area contributed by atoms with Gasteiger partial charge in [-0.1, -0.05) is 177 Å². The molecule has 16 rings (SSSR count). The lowest BCUT2D eigenvalue weighted by Gasteiger charge is -2.51. The van der Waals surface area contributed by atoms with Gasteiger partial charge < -0.3 is 23.5 Å². The van der Waals surface area contributed by atoms with Crippen LogP contribution >= 0.6 is 0 Å². The van der Waals surface area contributed by atoms with Crippen molar-refractivity contribution in [2.75, 3.05) is 14.7 Å². The summed E-state index contributed by atoms with van der Waals surface area (Å²) in [4.78, 5) is 8.11. The molecule has 2 atom stereocenters. The molecule has 0 amide bonds. The monoisotopic (exact) mass is 1040 g/mol. The van der Waals surface area contributed by atoms with E-state index in [1.54, 1.807) is 0 Å². The van der Waals surface area contributed by atoms with Gasteiger partial charge in [-0.3, -0.25) is 0 Å². The van der Waals surface area contributed by atoms with Crippen LogP contribution in [0.25, 0.3) is 55.0 Å². The van der Waals surface area contributed by atoms with Crippen LogP contribution in [-0.2, 0) is 21.7 Å². The number of anilines is 8. The van der Waals surface area contributed by atoms with Crippen LogP contribution < -0.4 is 31.1 Å². The third-order valence-corrected chi connectivity index (χ3v) is 20.6. The summed E-state index contributed by atoms with van der Waals surface area (Å²) in [5.74, 6) is 0. The second kappa shape index (κ2) is 16.3. The van der Waals surface area contributed by atoms with Gasteiger partial charge >= 0.3 is 0 Å². The number of para-hydroxylation sites is 4. The van der Waals surface area contributed by atoms with Gasteiger partial charge in [0, 0.05) is 66.6 Å². The van der Waals surface area contributed by atoms with Crippen molar-refractivity contribution in [3.63, 3.8) is 0 Å². The van der Waals surface area contributed by atoms with Crippen molar-refractivity contribution >= 4 is 112 Å². The summed E-state index contributed by atoms with van der Waals surface area (Å²) in [6, 6.07) is 67.1. The topological polar surface area (TPSA) is 36.0 Å². The summed E-state index contributed by atoms with van der Waals surface area (Å²) in [5.41, 5.74) is 24.6. The Bertz CT molecular complexity index is 4440. The second-order valence-electron chi connectivity index (χ2n) is 27.0. The average Bonchev–Trinajstić information content (AvgIpc) is 3.74. The number of nitrogens with zero attached hydrogens (tertiary/aromatic N) is 3. The fourth-order valence-corrected chi connectivity index (χ4v) is 16.0. The lowest BCUT2D eigenvalue weighted by atomic mass is 9.33. The van der Waals surface area contributed by atoms with Crippen LogP contribution in [0.2, 0.25) is 0 Å². The highest BCUT2D eigenvalue weighted by Crippen LogP contribution is 2.62. The van der Waals surface area contributed by atoms with Crippen molar-refractivity contribution < 1.29 is 8.83 Å². The van der Waals surface area contributed by atoms with Gasteiger partial charge in [0.05, 0.1) is 16.9 Å². The third-order valence-electron chi connectivity index (χ3n) is 20.6. The summed E-state index contributed by atoms with van der Waals surface area (Å²) in [6.45, 7) is 21.9. The Morgan fingerprint density at radius 1 is 0.438 bits per heavy atom. The molecule has 2 aliphatic carbocycles. The molecule has 5 nitrogen and oxygen atoms in total. The van der Waals surface area contributed by atoms with Gasteiger partial charge in [0.15, 0.2) is 5.58 Å². The van der Waals surface area contributed by atoms with E-state index >= 15 is 0 Å². The lowest BCUT2D eigenvalue weighted by molar-refractivity contribution is 0.195. The van der Waals surface area contributed by atoms with Crippen LogP contribution in [0.3, 0.4) is 0 Å². The highest BCUT2D eigenvalue weighted by atomic mass is 16.3. The first kappa shape index (κ1) is 48.0. The smallest absolute Gasteiger partial charge is 0.252 e. The van der Waals surface area contributed by atoms with E-state index in [1.165, 1.54) is 96.7 Å². The molecule has 0 N–H and O–H groups in total. The number of fused-ring (bicyclic) bond motifs is 14. The molecule has 0 radical (unpaired) electrons. The maximum atomic E-state index is 7.18. The number of hydrogen-bond donors (Lipinski definition) is 0. The zero-order valence-corrected chi connectivity index (χ0v) is 47.7. The van der Waals surface area contributed by atoms with E-state index in [4.69, 9.17) is 8.83 Å². The third kappa shape index (κ3) is 6.48. The van der Waals surface area contributed by atoms with Gasteiger partial charge in [-0.25, -0.2) is 0 Å². The van der Waals surface area contributed by atoms with Crippen LogP contribution in [0, 0.1) is 0 Å². The van der Waals surface area contributed by atoms with Gasteiger partial charge in [-0.05, 0) is 160 Å². The first-order valence-corrected chi connectivity index (χ1v) is 29.4. The minimum Gasteiger partial charge on any atom is -0.456 e. The number of hydrogen-bond acceptors (Lipinski definition) is 5. The van der Waals surface area contributed by atoms with Gasteiger partial charge in [-0.15, -0.1) is 0 Å². The molecule has 3 aliphatic heterocycles. The molecule has 80 heavy (non-hydrogen) atoms. The van der Waals surface area contributed by atoms with Crippen LogP contribution in [0.15, 0.2) is 185 Å². The molecule has 5 heterocycles. The minimum atomic E-state index is -0.192. The van der Waals surface area contributed by atoms with Crippen LogP contribution in [0.5, 0.6) is 0 Å². The predicted molar refractivity (Wildman–Crippen MR) is 337 cm³/mol. The van der Waals surface area contributed by atoms with E-state index in [2.05, 4.69) is 253 Å². The number of rotatable bonds is 4. The van der Waals surface area contributed by atoms with E-state index in [0.717, 1.165) is 80.9 Å². The zero-order chi connectivity index (χ0) is 54.4. The SMILES string of the molecule is CC(C)(C)c1ccc(N2c3cc4c(cc3B3c5cc6c(cc5N(c5cccc7c5oc5ccccc57)c5cc(N7c8ccccc8C8(C)CCCCC78C)cc2c53)C(C)(C)CCC6(C)C)oc2ccccc24)c(-c2ccccc2)c1. The Kier molecular flexibility index (Phi) is 9.80. The molecule has 394 valence electrons. The Morgan fingerprint density at radius 3 is 1.79 bits per heavy atom. The van der Waals surface area contributed by atoms with Crippen molar-refractivity contribution in [1.82, 2.24) is 0 Å². The quantitative estimate of drug-likeness (QED) is 0.164. The summed E-state index contributed by atoms with van der Waals surface area (Å²) >= 11 is 0. The molecule has 1 saturated carbocycles. The van der Waals surface area contributed by atoms with Crippen molar-refractivity contribution in [3.05, 3.63) is 198 Å². The Hall–Kier alpha value is -7.96. The Balaban J connectivity index is 1.10. The van der Waals surface area contributed by atoms with E-state index in [0.29, 0.717) is 0 Å². The molecular weight excluding hydrogens is 974 g/mol. The maximum absolute atomic E-state index is 7.18. The van der Waals surface area contributed by atoms with Crippen molar-refractivity contribution in [2.24, 2.45) is 0 Å².